The topological polar surface area (TPSA) is 104 Å². The number of nitrogens with two attached hydrogens (primary N) is 3. The van der Waals surface area contributed by atoms with Crippen molar-refractivity contribution >= 4 is 5.97 Å². The molecule has 6 N–H and O–H groups in total. The van der Waals surface area contributed by atoms with Gasteiger partial charge in [0.25, 0.3) is 0 Å². The van der Waals surface area contributed by atoms with Crippen LogP contribution in [0.1, 0.15) is 20.8 Å². The van der Waals surface area contributed by atoms with Gasteiger partial charge in [0.2, 0.25) is 0 Å². The van der Waals surface area contributed by atoms with Gasteiger partial charge in [-0.1, -0.05) is 0 Å². The lowest BCUT2D eigenvalue weighted by atomic mass is 10.0. The smallest absolute Gasteiger partial charge is 0.303 e. The number of rotatable bonds is 2. The van der Waals surface area contributed by atoms with Gasteiger partial charge in [-0.25, -0.2) is 0 Å². The van der Waals surface area contributed by atoms with Crippen LogP contribution < -0.4 is 17.2 Å². The first kappa shape index (κ1) is 10.3. The zero-order valence-electron chi connectivity index (χ0n) is 7.05. The van der Waals surface area contributed by atoms with Gasteiger partial charge in [0.15, 0.2) is 11.4 Å². The molecule has 0 unspecified atom stereocenters. The number of carbonyl (C=O) groups is 1. The molecule has 0 fully saturated rings. The lowest BCUT2D eigenvalue weighted by Gasteiger charge is -2.36. The van der Waals surface area contributed by atoms with Crippen molar-refractivity contribution < 1.29 is 9.53 Å². The minimum absolute atomic E-state index is 0.458. The highest BCUT2D eigenvalue weighted by atomic mass is 16.6. The maximum atomic E-state index is 10.5. The lowest BCUT2D eigenvalue weighted by Crippen LogP contribution is -2.72. The van der Waals surface area contributed by atoms with Crippen LogP contribution in [0, 0.1) is 0 Å². The summed E-state index contributed by atoms with van der Waals surface area (Å²) in [5, 5.41) is 0. The zero-order chi connectivity index (χ0) is 9.28. The summed E-state index contributed by atoms with van der Waals surface area (Å²) in [6, 6.07) is 0. The Morgan fingerprint density at radius 1 is 1.27 bits per heavy atom. The van der Waals surface area contributed by atoms with Crippen LogP contribution >= 0.6 is 0 Å². The second-order valence-corrected chi connectivity index (χ2v) is 3.04. The minimum Gasteiger partial charge on any atom is -0.455 e. The molecule has 0 aromatic carbocycles. The molecule has 11 heavy (non-hydrogen) atoms. The van der Waals surface area contributed by atoms with E-state index in [1.807, 2.05) is 0 Å². The summed E-state index contributed by atoms with van der Waals surface area (Å²) in [6.45, 7) is 4.37. The van der Waals surface area contributed by atoms with E-state index in [1.54, 1.807) is 13.8 Å². The molecule has 66 valence electrons. The van der Waals surface area contributed by atoms with E-state index >= 15 is 0 Å². The Morgan fingerprint density at radius 2 is 1.64 bits per heavy atom. The average molecular weight is 161 g/mol. The van der Waals surface area contributed by atoms with Crippen LogP contribution in [0.5, 0.6) is 0 Å². The maximum absolute atomic E-state index is 10.5. The van der Waals surface area contributed by atoms with Crippen LogP contribution in [0.25, 0.3) is 0 Å². The number of esters is 1. The number of hydrogen-bond acceptors (Lipinski definition) is 5. The van der Waals surface area contributed by atoms with Gasteiger partial charge in [-0.2, -0.15) is 0 Å². The summed E-state index contributed by atoms with van der Waals surface area (Å²) in [4.78, 5) is 10.5. The van der Waals surface area contributed by atoms with Crippen LogP contribution in [0.4, 0.5) is 0 Å². The highest BCUT2D eigenvalue weighted by Crippen LogP contribution is 2.14. The van der Waals surface area contributed by atoms with E-state index in [0.29, 0.717) is 0 Å². The fourth-order valence-electron chi connectivity index (χ4n) is 0.448. The van der Waals surface area contributed by atoms with Crippen molar-refractivity contribution in [1.82, 2.24) is 0 Å². The molecule has 0 aliphatic rings. The van der Waals surface area contributed by atoms with Gasteiger partial charge in [-0.05, 0) is 13.8 Å². The number of carbonyl (C=O) groups excluding carboxylic acids is 1. The molecule has 0 aromatic rings. The van der Waals surface area contributed by atoms with Gasteiger partial charge in [0.1, 0.15) is 0 Å². The van der Waals surface area contributed by atoms with Gasteiger partial charge in [0, 0.05) is 6.92 Å². The Morgan fingerprint density at radius 3 is 1.73 bits per heavy atom. The summed E-state index contributed by atoms with van der Waals surface area (Å²) in [5.41, 5.74) is 15.0. The van der Waals surface area contributed by atoms with Crippen LogP contribution in [0.2, 0.25) is 0 Å². The molecule has 0 bridgehead atoms. The third-order valence-corrected chi connectivity index (χ3v) is 1.44. The van der Waals surface area contributed by atoms with Crippen molar-refractivity contribution in [2.75, 3.05) is 0 Å². The van der Waals surface area contributed by atoms with Crippen LogP contribution in [0.3, 0.4) is 0 Å². The molecule has 0 radical (unpaired) electrons. The second-order valence-electron chi connectivity index (χ2n) is 3.04. The SMILES string of the molecule is CC(=O)OC(C)(C)C(N)(N)N. The first-order valence-electron chi connectivity index (χ1n) is 3.23. The lowest BCUT2D eigenvalue weighted by molar-refractivity contribution is -0.160. The predicted octanol–water partition coefficient (Wildman–Crippen LogP) is -1.14. The molecule has 0 spiro atoms. The Hall–Kier alpha value is -0.650. The van der Waals surface area contributed by atoms with Crippen molar-refractivity contribution in [2.24, 2.45) is 17.2 Å². The fourth-order valence-corrected chi connectivity index (χ4v) is 0.448. The molecular weight excluding hydrogens is 146 g/mol. The minimum atomic E-state index is -1.52. The van der Waals surface area contributed by atoms with Gasteiger partial charge >= 0.3 is 5.97 Å². The molecule has 5 nitrogen and oxygen atoms in total. The summed E-state index contributed by atoms with van der Waals surface area (Å²) in [6.07, 6.45) is 0. The second kappa shape index (κ2) is 2.77. The first-order valence-corrected chi connectivity index (χ1v) is 3.23. The predicted molar refractivity (Wildman–Crippen MR) is 41.1 cm³/mol. The molecule has 0 saturated heterocycles. The fraction of sp³-hybridized carbons (Fsp3) is 0.833. The highest BCUT2D eigenvalue weighted by molar-refractivity contribution is 5.66. The van der Waals surface area contributed by atoms with Crippen LogP contribution in [-0.4, -0.2) is 17.4 Å². The molecule has 0 aliphatic heterocycles. The largest absolute Gasteiger partial charge is 0.455 e. The number of hydrogen-bond donors (Lipinski definition) is 3. The van der Waals surface area contributed by atoms with Gasteiger partial charge < -0.3 is 4.74 Å². The van der Waals surface area contributed by atoms with E-state index in [1.165, 1.54) is 6.92 Å². The molecule has 0 amide bonds. The molecule has 0 aliphatic carbocycles. The third-order valence-electron chi connectivity index (χ3n) is 1.44. The Kier molecular flexibility index (Phi) is 2.60. The molecule has 0 heterocycles. The van der Waals surface area contributed by atoms with Gasteiger partial charge in [0.05, 0.1) is 0 Å². The molecule has 0 atom stereocenters. The van der Waals surface area contributed by atoms with E-state index in [9.17, 15) is 4.79 Å². The number of ether oxygens (including phenoxy) is 1. The monoisotopic (exact) mass is 161 g/mol. The Balaban J connectivity index is 4.34. The molecule has 5 heteroatoms. The van der Waals surface area contributed by atoms with Crippen LogP contribution in [-0.2, 0) is 9.53 Å². The first-order chi connectivity index (χ1) is 4.67. The zero-order valence-corrected chi connectivity index (χ0v) is 7.05. The molecule has 0 aromatic heterocycles. The maximum Gasteiger partial charge on any atom is 0.303 e. The molecule has 0 rings (SSSR count). The highest BCUT2D eigenvalue weighted by Gasteiger charge is 2.38. The van der Waals surface area contributed by atoms with E-state index in [0.717, 1.165) is 0 Å². The van der Waals surface area contributed by atoms with Crippen molar-refractivity contribution in [2.45, 2.75) is 32.2 Å². The standard InChI is InChI=1S/C6H15N3O2/c1-4(10)11-5(2,3)6(7,8)9/h7-9H2,1-3H3. The van der Waals surface area contributed by atoms with Crippen molar-refractivity contribution in [3.8, 4) is 0 Å². The molecular formula is C6H15N3O2. The van der Waals surface area contributed by atoms with E-state index < -0.39 is 17.4 Å². The quantitative estimate of drug-likeness (QED) is 0.350. The van der Waals surface area contributed by atoms with E-state index in [-0.39, 0.29) is 0 Å². The van der Waals surface area contributed by atoms with Crippen molar-refractivity contribution in [1.29, 1.82) is 0 Å². The van der Waals surface area contributed by atoms with Gasteiger partial charge in [-0.15, -0.1) is 0 Å². The van der Waals surface area contributed by atoms with Gasteiger partial charge in [-0.3, -0.25) is 22.0 Å². The third kappa shape index (κ3) is 2.83. The Labute approximate surface area is 65.9 Å². The summed E-state index contributed by atoms with van der Waals surface area (Å²) < 4.78 is 4.79. The van der Waals surface area contributed by atoms with Crippen LogP contribution in [0.15, 0.2) is 0 Å². The summed E-state index contributed by atoms with van der Waals surface area (Å²) >= 11 is 0. The molecule has 0 saturated carbocycles. The summed E-state index contributed by atoms with van der Waals surface area (Å²) in [5.74, 6) is -1.97. The summed E-state index contributed by atoms with van der Waals surface area (Å²) in [7, 11) is 0. The van der Waals surface area contributed by atoms with Crippen molar-refractivity contribution in [3.63, 3.8) is 0 Å². The Bertz CT molecular complexity index is 160. The van der Waals surface area contributed by atoms with E-state index in [4.69, 9.17) is 21.9 Å². The van der Waals surface area contributed by atoms with Crippen molar-refractivity contribution in [3.05, 3.63) is 0 Å². The normalized spacial score (nSPS) is 12.9. The van der Waals surface area contributed by atoms with E-state index in [2.05, 4.69) is 0 Å². The average Bonchev–Trinajstić information content (AvgIpc) is 1.56.